The van der Waals surface area contributed by atoms with Gasteiger partial charge in [0.25, 0.3) is 0 Å². The smallest absolute Gasteiger partial charge is 0.310 e. The molecular weight excluding hydrogens is 254 g/mol. The van der Waals surface area contributed by atoms with Gasteiger partial charge in [-0.2, -0.15) is 0 Å². The molecule has 2 atom stereocenters. The Bertz CT molecular complexity index is 522. The predicted molar refractivity (Wildman–Crippen MR) is 75.5 cm³/mol. The number of aliphatic carboxylic acids is 1. The molecule has 1 aromatic carbocycles. The molecule has 0 unspecified atom stereocenters. The van der Waals surface area contributed by atoms with Crippen molar-refractivity contribution in [3.63, 3.8) is 0 Å². The molecule has 0 amide bonds. The van der Waals surface area contributed by atoms with Gasteiger partial charge in [-0.25, -0.2) is 0 Å². The van der Waals surface area contributed by atoms with Gasteiger partial charge in [0.15, 0.2) is 0 Å². The van der Waals surface area contributed by atoms with Gasteiger partial charge in [0.1, 0.15) is 0 Å². The Kier molecular flexibility index (Phi) is 3.30. The van der Waals surface area contributed by atoms with Crippen LogP contribution >= 0.6 is 0 Å². The number of ether oxygens (including phenoxy) is 1. The van der Waals surface area contributed by atoms with Crippen LogP contribution in [0, 0.1) is 5.41 Å². The Balaban J connectivity index is 1.83. The first-order chi connectivity index (χ1) is 9.47. The number of hydrogen-bond donors (Lipinski definition) is 1. The summed E-state index contributed by atoms with van der Waals surface area (Å²) in [5.74, 6) is -0.744. The molecule has 0 saturated carbocycles. The molecule has 1 aromatic rings. The van der Waals surface area contributed by atoms with Crippen molar-refractivity contribution < 1.29 is 14.6 Å². The van der Waals surface area contributed by atoms with E-state index in [2.05, 4.69) is 23.1 Å². The summed E-state index contributed by atoms with van der Waals surface area (Å²) in [6.07, 6.45) is 1.23. The number of epoxide rings is 1. The van der Waals surface area contributed by atoms with E-state index in [1.54, 1.807) is 13.8 Å². The monoisotopic (exact) mass is 275 g/mol. The van der Waals surface area contributed by atoms with Gasteiger partial charge >= 0.3 is 5.97 Å². The summed E-state index contributed by atoms with van der Waals surface area (Å²) in [4.78, 5) is 13.7. The van der Waals surface area contributed by atoms with Crippen LogP contribution in [0.5, 0.6) is 0 Å². The maximum Gasteiger partial charge on any atom is 0.310 e. The van der Waals surface area contributed by atoms with Gasteiger partial charge in [0.05, 0.1) is 18.1 Å². The zero-order valence-corrected chi connectivity index (χ0v) is 12.0. The first kappa shape index (κ1) is 13.6. The lowest BCUT2D eigenvalue weighted by Gasteiger charge is -2.39. The maximum atomic E-state index is 11.4. The molecule has 0 aromatic heterocycles. The van der Waals surface area contributed by atoms with E-state index in [0.717, 1.165) is 19.6 Å². The Labute approximate surface area is 119 Å². The molecule has 1 saturated heterocycles. The second-order valence-electron chi connectivity index (χ2n) is 6.51. The average Bonchev–Trinajstić information content (AvgIpc) is 3.21. The molecule has 2 aliphatic heterocycles. The molecule has 0 spiro atoms. The predicted octanol–water partition coefficient (Wildman–Crippen LogP) is 1.92. The van der Waals surface area contributed by atoms with Gasteiger partial charge in [-0.1, -0.05) is 24.3 Å². The number of carbonyl (C=O) groups is 1. The Morgan fingerprint density at radius 1 is 1.40 bits per heavy atom. The minimum absolute atomic E-state index is 0.271. The van der Waals surface area contributed by atoms with Crippen LogP contribution < -0.4 is 0 Å². The van der Waals surface area contributed by atoms with Crippen LogP contribution in [0.1, 0.15) is 25.0 Å². The second kappa shape index (κ2) is 4.86. The Morgan fingerprint density at radius 3 is 2.65 bits per heavy atom. The molecule has 4 heteroatoms. The normalized spacial score (nSPS) is 26.1. The summed E-state index contributed by atoms with van der Waals surface area (Å²) < 4.78 is 5.48. The number of hydrogen-bond acceptors (Lipinski definition) is 3. The lowest BCUT2D eigenvalue weighted by atomic mass is 9.87. The third-order valence-corrected chi connectivity index (χ3v) is 4.36. The first-order valence-corrected chi connectivity index (χ1v) is 7.13. The van der Waals surface area contributed by atoms with Crippen LogP contribution in [0.3, 0.4) is 0 Å². The van der Waals surface area contributed by atoms with E-state index >= 15 is 0 Å². The highest BCUT2D eigenvalue weighted by Crippen LogP contribution is 2.32. The van der Waals surface area contributed by atoms with Crippen molar-refractivity contribution in [1.29, 1.82) is 0 Å². The van der Waals surface area contributed by atoms with Crippen molar-refractivity contribution in [2.24, 2.45) is 5.41 Å². The molecule has 20 heavy (non-hydrogen) atoms. The van der Waals surface area contributed by atoms with Gasteiger partial charge in [0.2, 0.25) is 0 Å². The van der Waals surface area contributed by atoms with Crippen LogP contribution in [0.4, 0.5) is 0 Å². The molecule has 4 nitrogen and oxygen atoms in total. The van der Waals surface area contributed by atoms with E-state index in [-0.39, 0.29) is 6.10 Å². The fourth-order valence-electron chi connectivity index (χ4n) is 2.99. The second-order valence-corrected chi connectivity index (χ2v) is 6.51. The third kappa shape index (κ3) is 2.58. The lowest BCUT2D eigenvalue weighted by Crippen LogP contribution is -2.49. The number of carboxylic acids is 1. The Hall–Kier alpha value is -1.39. The van der Waals surface area contributed by atoms with Crippen molar-refractivity contribution in [3.05, 3.63) is 35.4 Å². The molecule has 108 valence electrons. The highest BCUT2D eigenvalue weighted by atomic mass is 16.6. The highest BCUT2D eigenvalue weighted by Gasteiger charge is 2.42. The number of benzene rings is 1. The quantitative estimate of drug-likeness (QED) is 0.853. The van der Waals surface area contributed by atoms with E-state index in [1.165, 1.54) is 11.1 Å². The number of nitrogens with zero attached hydrogens (tertiary/aromatic N) is 1. The molecule has 0 aliphatic carbocycles. The topological polar surface area (TPSA) is 53.1 Å². The molecule has 3 rings (SSSR count). The highest BCUT2D eigenvalue weighted by molar-refractivity contribution is 5.73. The summed E-state index contributed by atoms with van der Waals surface area (Å²) in [7, 11) is 0. The van der Waals surface area contributed by atoms with Gasteiger partial charge in [-0.05, 0) is 31.4 Å². The standard InChI is InChI=1S/C16H21NO3/c1-16(2,15(18)19)10-17-8-12-6-4-3-5-11(12)7-13(17)14-9-20-14/h3-6,13-14H,7-10H2,1-2H3,(H,18,19)/t13-,14+/m0/s1. The molecule has 0 radical (unpaired) electrons. The van der Waals surface area contributed by atoms with E-state index in [1.807, 2.05) is 6.07 Å². The fraction of sp³-hybridized carbons (Fsp3) is 0.562. The first-order valence-electron chi connectivity index (χ1n) is 7.13. The zero-order valence-electron chi connectivity index (χ0n) is 12.0. The van der Waals surface area contributed by atoms with E-state index in [9.17, 15) is 9.90 Å². The molecule has 1 fully saturated rings. The fourth-order valence-corrected chi connectivity index (χ4v) is 2.99. The van der Waals surface area contributed by atoms with Crippen LogP contribution in [0.15, 0.2) is 24.3 Å². The van der Waals surface area contributed by atoms with Crippen molar-refractivity contribution in [2.45, 2.75) is 39.0 Å². The van der Waals surface area contributed by atoms with E-state index < -0.39 is 11.4 Å². The SMILES string of the molecule is CC(C)(CN1Cc2ccccc2C[C@H]1[C@H]1CO1)C(=O)O. The minimum Gasteiger partial charge on any atom is -0.481 e. The van der Waals surface area contributed by atoms with Crippen LogP contribution in [0.25, 0.3) is 0 Å². The van der Waals surface area contributed by atoms with Gasteiger partial charge < -0.3 is 9.84 Å². The zero-order chi connectivity index (χ0) is 14.3. The van der Waals surface area contributed by atoms with Crippen LogP contribution in [0.2, 0.25) is 0 Å². The molecule has 1 N–H and O–H groups in total. The minimum atomic E-state index is -0.744. The van der Waals surface area contributed by atoms with E-state index in [4.69, 9.17) is 4.74 Å². The van der Waals surface area contributed by atoms with Gasteiger partial charge in [-0.15, -0.1) is 0 Å². The summed E-state index contributed by atoms with van der Waals surface area (Å²) in [6, 6.07) is 8.74. The molecule has 2 heterocycles. The maximum absolute atomic E-state index is 11.4. The summed E-state index contributed by atoms with van der Waals surface area (Å²) in [5, 5.41) is 9.35. The molecule has 2 aliphatic rings. The molecular formula is C16H21NO3. The number of fused-ring (bicyclic) bond motifs is 1. The van der Waals surface area contributed by atoms with Crippen molar-refractivity contribution in [3.8, 4) is 0 Å². The van der Waals surface area contributed by atoms with E-state index in [0.29, 0.717) is 12.6 Å². The third-order valence-electron chi connectivity index (χ3n) is 4.36. The Morgan fingerprint density at radius 2 is 2.05 bits per heavy atom. The number of rotatable bonds is 4. The van der Waals surface area contributed by atoms with Crippen molar-refractivity contribution in [2.75, 3.05) is 13.2 Å². The summed E-state index contributed by atoms with van der Waals surface area (Å²) in [5.41, 5.74) is 1.95. The number of carboxylic acid groups (broad SMARTS) is 1. The molecule has 0 bridgehead atoms. The lowest BCUT2D eigenvalue weighted by molar-refractivity contribution is -0.148. The van der Waals surface area contributed by atoms with Gasteiger partial charge in [-0.3, -0.25) is 9.69 Å². The summed E-state index contributed by atoms with van der Waals surface area (Å²) in [6.45, 7) is 5.76. The summed E-state index contributed by atoms with van der Waals surface area (Å²) >= 11 is 0. The van der Waals surface area contributed by atoms with Crippen LogP contribution in [-0.4, -0.2) is 41.3 Å². The van der Waals surface area contributed by atoms with Crippen molar-refractivity contribution >= 4 is 5.97 Å². The van der Waals surface area contributed by atoms with Gasteiger partial charge in [0, 0.05) is 19.1 Å². The van der Waals surface area contributed by atoms with Crippen LogP contribution in [-0.2, 0) is 22.5 Å². The largest absolute Gasteiger partial charge is 0.481 e. The van der Waals surface area contributed by atoms with Crippen molar-refractivity contribution in [1.82, 2.24) is 4.90 Å². The average molecular weight is 275 g/mol.